The molecule has 0 amide bonds. The number of likely N-dealkylation sites (N-methyl/N-ethyl adjacent to an activating group) is 1. The fraction of sp³-hybridized carbons (Fsp3) is 0.320. The molecular weight excluding hydrogens is 521 g/mol. The summed E-state index contributed by atoms with van der Waals surface area (Å²) in [5, 5.41) is 5.20. The van der Waals surface area contributed by atoms with E-state index in [9.17, 15) is 21.6 Å². The van der Waals surface area contributed by atoms with Crippen molar-refractivity contribution in [2.75, 3.05) is 45.2 Å². The van der Waals surface area contributed by atoms with Gasteiger partial charge in [-0.05, 0) is 49.1 Å². The summed E-state index contributed by atoms with van der Waals surface area (Å²) in [5.41, 5.74) is 0.273. The van der Waals surface area contributed by atoms with Gasteiger partial charge in [0.15, 0.2) is 0 Å². The van der Waals surface area contributed by atoms with Crippen molar-refractivity contribution in [2.45, 2.75) is 17.1 Å². The first-order chi connectivity index (χ1) is 18.0. The number of alkyl halides is 3. The van der Waals surface area contributed by atoms with E-state index in [1.54, 1.807) is 28.6 Å². The molecule has 0 saturated carbocycles. The van der Waals surface area contributed by atoms with E-state index in [-0.39, 0.29) is 28.9 Å². The standard InChI is InChI=1S/C25H25F3N6O3S/c1-32(2)15-20-16-33(22-10-8-19(14-29-22)23-30-24(37-31-23)25(26,27)28)11-12-34(20)38(35,36)21-9-7-17-5-3-4-6-18(17)13-21/h3-10,13-14,20H,11-12,15-16H2,1-2H3. The van der Waals surface area contributed by atoms with Crippen molar-refractivity contribution >= 4 is 26.6 Å². The van der Waals surface area contributed by atoms with Crippen molar-refractivity contribution in [1.29, 1.82) is 0 Å². The van der Waals surface area contributed by atoms with Crippen molar-refractivity contribution in [3.63, 3.8) is 0 Å². The second-order valence-corrected chi connectivity index (χ2v) is 11.2. The van der Waals surface area contributed by atoms with Crippen LogP contribution in [0.25, 0.3) is 22.2 Å². The van der Waals surface area contributed by atoms with Gasteiger partial charge in [-0.1, -0.05) is 35.5 Å². The first-order valence-electron chi connectivity index (χ1n) is 11.8. The van der Waals surface area contributed by atoms with E-state index >= 15 is 0 Å². The Morgan fingerprint density at radius 3 is 2.47 bits per heavy atom. The summed E-state index contributed by atoms with van der Waals surface area (Å²) in [6.07, 6.45) is -3.35. The Kier molecular flexibility index (Phi) is 6.84. The van der Waals surface area contributed by atoms with Gasteiger partial charge in [0.1, 0.15) is 5.82 Å². The molecule has 2 aromatic carbocycles. The Bertz CT molecular complexity index is 1540. The topological polar surface area (TPSA) is 95.7 Å². The van der Waals surface area contributed by atoms with Crippen molar-refractivity contribution in [3.8, 4) is 11.4 Å². The summed E-state index contributed by atoms with van der Waals surface area (Å²) in [6, 6.07) is 15.6. The fourth-order valence-electron chi connectivity index (χ4n) is 4.56. The van der Waals surface area contributed by atoms with Crippen LogP contribution in [0, 0.1) is 0 Å². The summed E-state index contributed by atoms with van der Waals surface area (Å²) in [6.45, 7) is 1.52. The third kappa shape index (κ3) is 5.22. The normalized spacial score (nSPS) is 17.4. The van der Waals surface area contributed by atoms with Crippen molar-refractivity contribution < 1.29 is 26.1 Å². The van der Waals surface area contributed by atoms with Crippen LogP contribution in [0.4, 0.5) is 19.0 Å². The van der Waals surface area contributed by atoms with Gasteiger partial charge >= 0.3 is 12.1 Å². The number of benzene rings is 2. The summed E-state index contributed by atoms with van der Waals surface area (Å²) in [5.74, 6) is -1.07. The molecule has 1 aliphatic heterocycles. The van der Waals surface area contributed by atoms with Gasteiger partial charge < -0.3 is 14.3 Å². The molecule has 1 aliphatic rings. The summed E-state index contributed by atoms with van der Waals surface area (Å²) in [7, 11) is -0.00191. The molecule has 2 aromatic heterocycles. The second-order valence-electron chi connectivity index (χ2n) is 9.31. The van der Waals surface area contributed by atoms with Gasteiger partial charge in [0.05, 0.1) is 10.9 Å². The molecule has 0 radical (unpaired) electrons. The number of nitrogens with zero attached hydrogens (tertiary/aromatic N) is 6. The van der Waals surface area contributed by atoms with E-state index in [0.717, 1.165) is 10.8 Å². The van der Waals surface area contributed by atoms with Crippen LogP contribution in [0.15, 0.2) is 70.2 Å². The molecule has 38 heavy (non-hydrogen) atoms. The highest BCUT2D eigenvalue weighted by Gasteiger charge is 2.39. The average molecular weight is 547 g/mol. The van der Waals surface area contributed by atoms with Gasteiger partial charge in [0.2, 0.25) is 15.8 Å². The number of aromatic nitrogens is 3. The SMILES string of the molecule is CN(C)CC1CN(c2ccc(-c3noc(C(F)(F)F)n3)cn2)CCN1S(=O)(=O)c1ccc2ccccc2c1. The minimum Gasteiger partial charge on any atom is -0.354 e. The molecule has 3 heterocycles. The molecule has 0 N–H and O–H groups in total. The number of pyridine rings is 1. The third-order valence-electron chi connectivity index (χ3n) is 6.33. The first kappa shape index (κ1) is 26.1. The molecule has 0 spiro atoms. The van der Waals surface area contributed by atoms with E-state index in [1.807, 2.05) is 54.2 Å². The molecule has 1 unspecified atom stereocenters. The highest BCUT2D eigenvalue weighted by atomic mass is 32.2. The van der Waals surface area contributed by atoms with Crippen LogP contribution in [0.2, 0.25) is 0 Å². The lowest BCUT2D eigenvalue weighted by Crippen LogP contribution is -2.58. The zero-order valence-corrected chi connectivity index (χ0v) is 21.4. The lowest BCUT2D eigenvalue weighted by Gasteiger charge is -2.42. The van der Waals surface area contributed by atoms with Crippen LogP contribution in [0.1, 0.15) is 5.89 Å². The zero-order valence-electron chi connectivity index (χ0n) is 20.6. The number of fused-ring (bicyclic) bond motifs is 1. The molecule has 5 rings (SSSR count). The van der Waals surface area contributed by atoms with E-state index in [2.05, 4.69) is 19.6 Å². The number of hydrogen-bond donors (Lipinski definition) is 0. The first-order valence-corrected chi connectivity index (χ1v) is 13.2. The van der Waals surface area contributed by atoms with Crippen molar-refractivity contribution in [3.05, 3.63) is 66.7 Å². The van der Waals surface area contributed by atoms with Gasteiger partial charge in [0, 0.05) is 37.9 Å². The molecule has 4 aromatic rings. The van der Waals surface area contributed by atoms with Crippen LogP contribution in [-0.4, -0.2) is 79.1 Å². The van der Waals surface area contributed by atoms with E-state index < -0.39 is 22.1 Å². The van der Waals surface area contributed by atoms with Crippen molar-refractivity contribution in [2.24, 2.45) is 0 Å². The average Bonchev–Trinajstić information content (AvgIpc) is 3.39. The quantitative estimate of drug-likeness (QED) is 0.361. The molecule has 1 fully saturated rings. The van der Waals surface area contributed by atoms with Crippen LogP contribution >= 0.6 is 0 Å². The van der Waals surface area contributed by atoms with Gasteiger partial charge in [-0.25, -0.2) is 13.4 Å². The van der Waals surface area contributed by atoms with E-state index in [1.165, 1.54) is 6.20 Å². The Morgan fingerprint density at radius 1 is 1.05 bits per heavy atom. The number of sulfonamides is 1. The molecule has 0 bridgehead atoms. The number of halogens is 3. The number of piperazine rings is 1. The Balaban J connectivity index is 1.37. The smallest absolute Gasteiger partial charge is 0.354 e. The van der Waals surface area contributed by atoms with Crippen LogP contribution in [0.5, 0.6) is 0 Å². The highest BCUT2D eigenvalue weighted by Crippen LogP contribution is 2.30. The number of rotatable bonds is 6. The molecular formula is C25H25F3N6O3S. The summed E-state index contributed by atoms with van der Waals surface area (Å²) < 4.78 is 71.6. The minimum absolute atomic E-state index is 0.215. The van der Waals surface area contributed by atoms with Crippen LogP contribution < -0.4 is 4.90 Å². The maximum atomic E-state index is 13.7. The molecule has 0 aliphatic carbocycles. The maximum Gasteiger partial charge on any atom is 0.471 e. The van der Waals surface area contributed by atoms with Crippen molar-refractivity contribution in [1.82, 2.24) is 24.3 Å². The Morgan fingerprint density at radius 2 is 1.82 bits per heavy atom. The Hall–Kier alpha value is -3.55. The van der Waals surface area contributed by atoms with E-state index in [0.29, 0.717) is 25.5 Å². The summed E-state index contributed by atoms with van der Waals surface area (Å²) >= 11 is 0. The van der Waals surface area contributed by atoms with Gasteiger partial charge in [-0.2, -0.15) is 22.5 Å². The number of hydrogen-bond acceptors (Lipinski definition) is 8. The predicted octanol–water partition coefficient (Wildman–Crippen LogP) is 3.74. The molecule has 13 heteroatoms. The van der Waals surface area contributed by atoms with Crippen LogP contribution in [-0.2, 0) is 16.2 Å². The molecule has 9 nitrogen and oxygen atoms in total. The molecule has 1 atom stereocenters. The second kappa shape index (κ2) is 9.97. The minimum atomic E-state index is -4.73. The van der Waals surface area contributed by atoms with Gasteiger partial charge in [0.25, 0.3) is 0 Å². The van der Waals surface area contributed by atoms with Gasteiger partial charge in [-0.3, -0.25) is 0 Å². The third-order valence-corrected chi connectivity index (χ3v) is 8.28. The molecule has 1 saturated heterocycles. The lowest BCUT2D eigenvalue weighted by atomic mass is 10.1. The fourth-order valence-corrected chi connectivity index (χ4v) is 6.19. The van der Waals surface area contributed by atoms with Crippen LogP contribution in [0.3, 0.4) is 0 Å². The molecule has 200 valence electrons. The van der Waals surface area contributed by atoms with Gasteiger partial charge in [-0.15, -0.1) is 0 Å². The summed E-state index contributed by atoms with van der Waals surface area (Å²) in [4.78, 5) is 11.9. The Labute approximate surface area is 217 Å². The predicted molar refractivity (Wildman–Crippen MR) is 135 cm³/mol. The maximum absolute atomic E-state index is 13.7. The largest absolute Gasteiger partial charge is 0.471 e. The number of anilines is 1. The monoisotopic (exact) mass is 546 g/mol. The lowest BCUT2D eigenvalue weighted by molar-refractivity contribution is -0.159. The zero-order chi connectivity index (χ0) is 27.1. The van der Waals surface area contributed by atoms with E-state index in [4.69, 9.17) is 0 Å². The highest BCUT2D eigenvalue weighted by molar-refractivity contribution is 7.89.